The smallest absolute Gasteiger partial charge is 0.0882 e. The summed E-state index contributed by atoms with van der Waals surface area (Å²) in [5.41, 5.74) is 9.58. The lowest BCUT2D eigenvalue weighted by molar-refractivity contribution is 1.09. The van der Waals surface area contributed by atoms with E-state index in [1.54, 1.807) is 6.20 Å². The number of nitrogens with one attached hydrogen (secondary N) is 1. The largest absolute Gasteiger partial charge is 0.396 e. The number of nitrogen functional groups attached to an aromatic ring is 1. The third-order valence-electron chi connectivity index (χ3n) is 2.13. The summed E-state index contributed by atoms with van der Waals surface area (Å²) in [6, 6.07) is 6.06. The molecule has 14 heavy (non-hydrogen) atoms. The van der Waals surface area contributed by atoms with Crippen LogP contribution in [0.4, 0.5) is 5.69 Å². The van der Waals surface area contributed by atoms with E-state index in [0.29, 0.717) is 5.69 Å². The van der Waals surface area contributed by atoms with E-state index in [1.165, 1.54) is 0 Å². The Kier molecular flexibility index (Phi) is 2.29. The highest BCUT2D eigenvalue weighted by molar-refractivity contribution is 9.10. The predicted molar refractivity (Wildman–Crippen MR) is 60.9 cm³/mol. The van der Waals surface area contributed by atoms with E-state index in [-0.39, 0.29) is 0 Å². The van der Waals surface area contributed by atoms with Crippen molar-refractivity contribution < 1.29 is 0 Å². The van der Waals surface area contributed by atoms with Crippen LogP contribution in [0.15, 0.2) is 28.9 Å². The Bertz CT molecular complexity index is 462. The number of halogens is 1. The van der Waals surface area contributed by atoms with Crippen molar-refractivity contribution in [3.63, 3.8) is 0 Å². The van der Waals surface area contributed by atoms with Gasteiger partial charge in [-0.3, -0.25) is 5.10 Å². The van der Waals surface area contributed by atoms with E-state index in [9.17, 15) is 0 Å². The molecule has 0 saturated carbocycles. The number of anilines is 1. The number of benzene rings is 1. The first-order valence-electron chi connectivity index (χ1n) is 4.24. The van der Waals surface area contributed by atoms with Gasteiger partial charge in [0, 0.05) is 10.0 Å². The van der Waals surface area contributed by atoms with Crippen LogP contribution in [0, 0.1) is 6.92 Å². The Balaban J connectivity index is 2.58. The van der Waals surface area contributed by atoms with Crippen LogP contribution < -0.4 is 5.73 Å². The Morgan fingerprint density at radius 2 is 2.21 bits per heavy atom. The summed E-state index contributed by atoms with van der Waals surface area (Å²) in [7, 11) is 0. The van der Waals surface area contributed by atoms with Gasteiger partial charge in [-0.25, -0.2) is 0 Å². The Hall–Kier alpha value is -1.29. The van der Waals surface area contributed by atoms with Crippen LogP contribution in [0.1, 0.15) is 5.56 Å². The van der Waals surface area contributed by atoms with Crippen molar-refractivity contribution in [3.8, 4) is 11.3 Å². The van der Waals surface area contributed by atoms with Crippen molar-refractivity contribution in [1.29, 1.82) is 0 Å². The van der Waals surface area contributed by atoms with E-state index in [4.69, 9.17) is 5.73 Å². The molecule has 0 spiro atoms. The molecule has 0 fully saturated rings. The highest BCUT2D eigenvalue weighted by Gasteiger charge is 2.07. The van der Waals surface area contributed by atoms with E-state index >= 15 is 0 Å². The van der Waals surface area contributed by atoms with Crippen LogP contribution in [0.5, 0.6) is 0 Å². The quantitative estimate of drug-likeness (QED) is 0.819. The molecule has 0 bridgehead atoms. The van der Waals surface area contributed by atoms with Gasteiger partial charge in [-0.1, -0.05) is 22.0 Å². The standard InChI is InChI=1S/C10H10BrN3/c1-6-4-7(11)2-3-8(6)10-9(12)5-13-14-10/h2-5H,12H2,1H3,(H,13,14). The first-order chi connectivity index (χ1) is 6.68. The molecule has 0 aliphatic heterocycles. The number of aromatic amines is 1. The molecule has 0 amide bonds. The zero-order valence-electron chi connectivity index (χ0n) is 7.71. The number of hydrogen-bond donors (Lipinski definition) is 2. The van der Waals surface area contributed by atoms with E-state index < -0.39 is 0 Å². The lowest BCUT2D eigenvalue weighted by atomic mass is 10.1. The average molecular weight is 252 g/mol. The number of aryl methyl sites for hydroxylation is 1. The molecule has 3 N–H and O–H groups in total. The molecule has 1 heterocycles. The molecule has 72 valence electrons. The molecule has 2 aromatic rings. The minimum atomic E-state index is 0.676. The fraction of sp³-hybridized carbons (Fsp3) is 0.100. The van der Waals surface area contributed by atoms with Gasteiger partial charge in [0.25, 0.3) is 0 Å². The second kappa shape index (κ2) is 3.46. The maximum absolute atomic E-state index is 5.77. The highest BCUT2D eigenvalue weighted by atomic mass is 79.9. The van der Waals surface area contributed by atoms with Crippen LogP contribution in [-0.2, 0) is 0 Å². The molecule has 0 radical (unpaired) electrons. The third kappa shape index (κ3) is 1.53. The molecule has 0 aliphatic rings. The number of nitrogens with two attached hydrogens (primary N) is 1. The van der Waals surface area contributed by atoms with Gasteiger partial charge < -0.3 is 5.73 Å². The van der Waals surface area contributed by atoms with Crippen LogP contribution in [0.25, 0.3) is 11.3 Å². The van der Waals surface area contributed by atoms with Gasteiger partial charge in [0.05, 0.1) is 17.6 Å². The summed E-state index contributed by atoms with van der Waals surface area (Å²) in [5.74, 6) is 0. The second-order valence-electron chi connectivity index (χ2n) is 3.16. The van der Waals surface area contributed by atoms with Crippen LogP contribution in [-0.4, -0.2) is 10.2 Å². The normalized spacial score (nSPS) is 10.4. The fourth-order valence-corrected chi connectivity index (χ4v) is 1.89. The second-order valence-corrected chi connectivity index (χ2v) is 4.08. The number of rotatable bonds is 1. The molecule has 2 rings (SSSR count). The van der Waals surface area contributed by atoms with Crippen molar-refractivity contribution in [2.45, 2.75) is 6.92 Å². The van der Waals surface area contributed by atoms with Gasteiger partial charge in [0.15, 0.2) is 0 Å². The van der Waals surface area contributed by atoms with Gasteiger partial charge in [0.1, 0.15) is 0 Å². The monoisotopic (exact) mass is 251 g/mol. The molecular weight excluding hydrogens is 242 g/mol. The van der Waals surface area contributed by atoms with Gasteiger partial charge in [0.2, 0.25) is 0 Å². The number of aromatic nitrogens is 2. The number of nitrogens with zero attached hydrogens (tertiary/aromatic N) is 1. The SMILES string of the molecule is Cc1cc(Br)ccc1-c1[nH]ncc1N. The zero-order valence-corrected chi connectivity index (χ0v) is 9.30. The first-order valence-corrected chi connectivity index (χ1v) is 5.03. The lowest BCUT2D eigenvalue weighted by Gasteiger charge is -2.04. The number of hydrogen-bond acceptors (Lipinski definition) is 2. The summed E-state index contributed by atoms with van der Waals surface area (Å²) in [6.45, 7) is 2.04. The molecule has 4 heteroatoms. The first kappa shape index (κ1) is 9.27. The van der Waals surface area contributed by atoms with Crippen molar-refractivity contribution in [1.82, 2.24) is 10.2 Å². The highest BCUT2D eigenvalue weighted by Crippen LogP contribution is 2.27. The van der Waals surface area contributed by atoms with Gasteiger partial charge in [-0.15, -0.1) is 0 Å². The molecule has 1 aromatic heterocycles. The van der Waals surface area contributed by atoms with Gasteiger partial charge in [-0.2, -0.15) is 5.10 Å². The summed E-state index contributed by atoms with van der Waals surface area (Å²) in [5, 5.41) is 6.79. The summed E-state index contributed by atoms with van der Waals surface area (Å²) < 4.78 is 1.07. The predicted octanol–water partition coefficient (Wildman–Crippen LogP) is 2.73. The fourth-order valence-electron chi connectivity index (χ4n) is 1.42. The lowest BCUT2D eigenvalue weighted by Crippen LogP contribution is -1.89. The zero-order chi connectivity index (χ0) is 10.1. The molecule has 0 aliphatic carbocycles. The van der Waals surface area contributed by atoms with Gasteiger partial charge >= 0.3 is 0 Å². The Labute approximate surface area is 90.5 Å². The maximum Gasteiger partial charge on any atom is 0.0882 e. The molecule has 0 unspecified atom stereocenters. The van der Waals surface area contributed by atoms with E-state index in [1.807, 2.05) is 19.1 Å². The van der Waals surface area contributed by atoms with E-state index in [0.717, 1.165) is 21.3 Å². The Morgan fingerprint density at radius 3 is 2.79 bits per heavy atom. The van der Waals surface area contributed by atoms with E-state index in [2.05, 4.69) is 32.2 Å². The van der Waals surface area contributed by atoms with Crippen molar-refractivity contribution in [2.24, 2.45) is 0 Å². The Morgan fingerprint density at radius 1 is 1.43 bits per heavy atom. The molecular formula is C10H10BrN3. The average Bonchev–Trinajstić information content (AvgIpc) is 2.52. The third-order valence-corrected chi connectivity index (χ3v) is 2.62. The molecule has 3 nitrogen and oxygen atoms in total. The minimum absolute atomic E-state index is 0.676. The van der Waals surface area contributed by atoms with Crippen molar-refractivity contribution in [3.05, 3.63) is 34.4 Å². The van der Waals surface area contributed by atoms with Gasteiger partial charge in [-0.05, 0) is 24.6 Å². The maximum atomic E-state index is 5.77. The summed E-state index contributed by atoms with van der Waals surface area (Å²) >= 11 is 3.42. The topological polar surface area (TPSA) is 54.7 Å². The van der Waals surface area contributed by atoms with Crippen LogP contribution >= 0.6 is 15.9 Å². The van der Waals surface area contributed by atoms with Crippen molar-refractivity contribution in [2.75, 3.05) is 5.73 Å². The molecule has 0 atom stereocenters. The summed E-state index contributed by atoms with van der Waals surface area (Å²) in [6.07, 6.45) is 1.62. The molecule has 0 saturated heterocycles. The molecule has 1 aromatic carbocycles. The van der Waals surface area contributed by atoms with Crippen molar-refractivity contribution >= 4 is 21.6 Å². The minimum Gasteiger partial charge on any atom is -0.396 e. The summed E-state index contributed by atoms with van der Waals surface area (Å²) in [4.78, 5) is 0. The van der Waals surface area contributed by atoms with Crippen LogP contribution in [0.2, 0.25) is 0 Å². The van der Waals surface area contributed by atoms with Crippen LogP contribution in [0.3, 0.4) is 0 Å². The number of H-pyrrole nitrogens is 1.